The predicted octanol–water partition coefficient (Wildman–Crippen LogP) is 1.42. The summed E-state index contributed by atoms with van der Waals surface area (Å²) in [7, 11) is 0. The van der Waals surface area contributed by atoms with Crippen LogP contribution in [0.15, 0.2) is 6.20 Å². The standard InChI is InChI=1S/C10H17N3/c1-8-7-13(12-9(8)2)10-4-3-5-11-6-10/h7,10-11H,3-6H2,1-2H3. The van der Waals surface area contributed by atoms with Crippen molar-refractivity contribution in [3.05, 3.63) is 17.5 Å². The quantitative estimate of drug-likeness (QED) is 0.706. The Hall–Kier alpha value is -0.830. The number of nitrogens with one attached hydrogen (secondary N) is 1. The van der Waals surface area contributed by atoms with E-state index in [9.17, 15) is 0 Å². The SMILES string of the molecule is Cc1cn(C2CCCNC2)nc1C. The normalized spacial score (nSPS) is 23.4. The molecule has 72 valence electrons. The molecule has 1 aliphatic heterocycles. The summed E-state index contributed by atoms with van der Waals surface area (Å²) >= 11 is 0. The predicted molar refractivity (Wildman–Crippen MR) is 52.8 cm³/mol. The second-order valence-corrected chi connectivity index (χ2v) is 3.88. The third-order valence-corrected chi connectivity index (χ3v) is 2.81. The van der Waals surface area contributed by atoms with Crippen molar-refractivity contribution in [1.29, 1.82) is 0 Å². The summed E-state index contributed by atoms with van der Waals surface area (Å²) in [6.45, 7) is 6.42. The third-order valence-electron chi connectivity index (χ3n) is 2.81. The molecular weight excluding hydrogens is 162 g/mol. The number of hydrogen-bond acceptors (Lipinski definition) is 2. The van der Waals surface area contributed by atoms with Crippen molar-refractivity contribution < 1.29 is 0 Å². The van der Waals surface area contributed by atoms with Crippen LogP contribution in [0.25, 0.3) is 0 Å². The van der Waals surface area contributed by atoms with E-state index < -0.39 is 0 Å². The lowest BCUT2D eigenvalue weighted by Gasteiger charge is -2.22. The molecule has 0 aliphatic carbocycles. The molecule has 0 radical (unpaired) electrons. The van der Waals surface area contributed by atoms with Gasteiger partial charge in [-0.25, -0.2) is 0 Å². The van der Waals surface area contributed by atoms with Crippen molar-refractivity contribution in [2.75, 3.05) is 13.1 Å². The lowest BCUT2D eigenvalue weighted by molar-refractivity contribution is 0.346. The largest absolute Gasteiger partial charge is 0.315 e. The molecule has 2 rings (SSSR count). The molecule has 1 N–H and O–H groups in total. The maximum absolute atomic E-state index is 4.51. The van der Waals surface area contributed by atoms with Gasteiger partial charge in [0.1, 0.15) is 0 Å². The third kappa shape index (κ3) is 1.75. The first-order chi connectivity index (χ1) is 6.27. The average Bonchev–Trinajstić information content (AvgIpc) is 2.49. The van der Waals surface area contributed by atoms with Gasteiger partial charge in [0.05, 0.1) is 11.7 Å². The molecule has 0 saturated carbocycles. The first kappa shape index (κ1) is 8.75. The summed E-state index contributed by atoms with van der Waals surface area (Å²) in [6.07, 6.45) is 4.68. The number of rotatable bonds is 1. The van der Waals surface area contributed by atoms with Gasteiger partial charge in [0, 0.05) is 12.7 Å². The number of aryl methyl sites for hydroxylation is 2. The fourth-order valence-corrected chi connectivity index (χ4v) is 1.82. The van der Waals surface area contributed by atoms with Gasteiger partial charge in [-0.2, -0.15) is 5.10 Å². The van der Waals surface area contributed by atoms with Crippen molar-refractivity contribution in [2.24, 2.45) is 0 Å². The van der Waals surface area contributed by atoms with Crippen LogP contribution in [0.4, 0.5) is 0 Å². The Morgan fingerprint density at radius 1 is 1.54 bits per heavy atom. The van der Waals surface area contributed by atoms with Crippen molar-refractivity contribution in [1.82, 2.24) is 15.1 Å². The number of piperidine rings is 1. The molecule has 1 atom stereocenters. The van der Waals surface area contributed by atoms with Gasteiger partial charge in [-0.05, 0) is 38.8 Å². The van der Waals surface area contributed by atoms with Crippen LogP contribution in [-0.2, 0) is 0 Å². The second kappa shape index (κ2) is 3.50. The van der Waals surface area contributed by atoms with Crippen LogP contribution >= 0.6 is 0 Å². The summed E-state index contributed by atoms with van der Waals surface area (Å²) in [5.41, 5.74) is 2.45. The summed E-state index contributed by atoms with van der Waals surface area (Å²) in [6, 6.07) is 0.571. The molecule has 3 heteroatoms. The Kier molecular flexibility index (Phi) is 2.36. The van der Waals surface area contributed by atoms with Gasteiger partial charge in [0.25, 0.3) is 0 Å². The fourth-order valence-electron chi connectivity index (χ4n) is 1.82. The van der Waals surface area contributed by atoms with Crippen LogP contribution in [0.3, 0.4) is 0 Å². The molecule has 2 heterocycles. The minimum absolute atomic E-state index is 0.571. The Morgan fingerprint density at radius 3 is 2.92 bits per heavy atom. The van der Waals surface area contributed by atoms with Crippen molar-refractivity contribution >= 4 is 0 Å². The highest BCUT2D eigenvalue weighted by Gasteiger charge is 2.15. The van der Waals surface area contributed by atoms with Gasteiger partial charge in [0.15, 0.2) is 0 Å². The number of hydrogen-bond donors (Lipinski definition) is 1. The minimum Gasteiger partial charge on any atom is -0.315 e. The molecule has 1 aliphatic rings. The molecule has 1 aromatic heterocycles. The Morgan fingerprint density at radius 2 is 2.38 bits per heavy atom. The first-order valence-corrected chi connectivity index (χ1v) is 5.00. The maximum Gasteiger partial charge on any atom is 0.0644 e. The molecule has 0 spiro atoms. The van der Waals surface area contributed by atoms with Crippen LogP contribution < -0.4 is 5.32 Å². The fraction of sp³-hybridized carbons (Fsp3) is 0.700. The van der Waals surface area contributed by atoms with Crippen molar-refractivity contribution in [2.45, 2.75) is 32.7 Å². The van der Waals surface area contributed by atoms with Gasteiger partial charge in [0.2, 0.25) is 0 Å². The average molecular weight is 179 g/mol. The van der Waals surface area contributed by atoms with Crippen LogP contribution in [-0.4, -0.2) is 22.9 Å². The van der Waals surface area contributed by atoms with Crippen LogP contribution in [0, 0.1) is 13.8 Å². The molecule has 1 fully saturated rings. The van der Waals surface area contributed by atoms with Crippen molar-refractivity contribution in [3.63, 3.8) is 0 Å². The van der Waals surface area contributed by atoms with Crippen LogP contribution in [0.2, 0.25) is 0 Å². The highest BCUT2D eigenvalue weighted by atomic mass is 15.3. The topological polar surface area (TPSA) is 29.9 Å². The van der Waals surface area contributed by atoms with E-state index in [1.54, 1.807) is 0 Å². The van der Waals surface area contributed by atoms with Crippen molar-refractivity contribution in [3.8, 4) is 0 Å². The lowest BCUT2D eigenvalue weighted by atomic mass is 10.1. The Balaban J connectivity index is 2.14. The molecule has 13 heavy (non-hydrogen) atoms. The van der Waals surface area contributed by atoms with Gasteiger partial charge in [-0.15, -0.1) is 0 Å². The molecule has 1 aromatic rings. The second-order valence-electron chi connectivity index (χ2n) is 3.88. The summed E-state index contributed by atoms with van der Waals surface area (Å²) in [5.74, 6) is 0. The molecule has 1 unspecified atom stereocenters. The highest BCUT2D eigenvalue weighted by molar-refractivity contribution is 5.13. The zero-order valence-electron chi connectivity index (χ0n) is 8.38. The molecule has 0 aromatic carbocycles. The van der Waals surface area contributed by atoms with E-state index >= 15 is 0 Å². The smallest absolute Gasteiger partial charge is 0.0644 e. The van der Waals surface area contributed by atoms with Gasteiger partial charge in [-0.1, -0.05) is 0 Å². The number of aromatic nitrogens is 2. The van der Waals surface area contributed by atoms with E-state index in [2.05, 4.69) is 35.1 Å². The first-order valence-electron chi connectivity index (χ1n) is 5.00. The zero-order chi connectivity index (χ0) is 9.26. The molecular formula is C10H17N3. The highest BCUT2D eigenvalue weighted by Crippen LogP contribution is 2.17. The van der Waals surface area contributed by atoms with Crippen LogP contribution in [0.5, 0.6) is 0 Å². The Labute approximate surface area is 79.1 Å². The van der Waals surface area contributed by atoms with E-state index in [1.165, 1.54) is 18.4 Å². The Bertz CT molecular complexity index is 265. The molecule has 1 saturated heterocycles. The molecule has 3 nitrogen and oxygen atoms in total. The molecule has 0 bridgehead atoms. The summed E-state index contributed by atoms with van der Waals surface area (Å²) < 4.78 is 2.12. The monoisotopic (exact) mass is 179 g/mol. The lowest BCUT2D eigenvalue weighted by Crippen LogP contribution is -2.31. The van der Waals surface area contributed by atoms with E-state index in [4.69, 9.17) is 0 Å². The van der Waals surface area contributed by atoms with Crippen LogP contribution in [0.1, 0.15) is 30.1 Å². The number of nitrogens with zero attached hydrogens (tertiary/aromatic N) is 2. The van der Waals surface area contributed by atoms with E-state index in [1.807, 2.05) is 0 Å². The van der Waals surface area contributed by atoms with E-state index in [-0.39, 0.29) is 0 Å². The van der Waals surface area contributed by atoms with E-state index in [0.29, 0.717) is 6.04 Å². The van der Waals surface area contributed by atoms with Gasteiger partial charge in [-0.3, -0.25) is 4.68 Å². The van der Waals surface area contributed by atoms with Gasteiger partial charge >= 0.3 is 0 Å². The summed E-state index contributed by atoms with van der Waals surface area (Å²) in [5, 5.41) is 7.91. The zero-order valence-corrected chi connectivity index (χ0v) is 8.38. The van der Waals surface area contributed by atoms with E-state index in [0.717, 1.165) is 18.8 Å². The molecule has 0 amide bonds. The minimum atomic E-state index is 0.571. The summed E-state index contributed by atoms with van der Waals surface area (Å²) in [4.78, 5) is 0. The maximum atomic E-state index is 4.51. The van der Waals surface area contributed by atoms with Gasteiger partial charge < -0.3 is 5.32 Å².